The number of ether oxygens (including phenoxy) is 2. The third kappa shape index (κ3) is 5.43. The van der Waals surface area contributed by atoms with Crippen molar-refractivity contribution in [2.24, 2.45) is 7.05 Å². The molecule has 0 aliphatic carbocycles. The lowest BCUT2D eigenvalue weighted by molar-refractivity contribution is -0.142. The van der Waals surface area contributed by atoms with Crippen molar-refractivity contribution in [1.29, 1.82) is 0 Å². The average molecular weight is 527 g/mol. The van der Waals surface area contributed by atoms with E-state index in [4.69, 9.17) is 9.47 Å². The molecule has 0 amide bonds. The number of nitrogens with zero attached hydrogens (tertiary/aromatic N) is 3. The maximum absolute atomic E-state index is 12.6. The number of thioether (sulfide) groups is 1. The Kier molecular flexibility index (Phi) is 7.80. The standard InChI is InChI=1S/C20H23BrN4O6S/c1-4-30-18(28)11(2)32-20-22-16-15(17(27)23-19(29)24(16)3)25(20)9-13(26)10-31-14-7-5-12(21)6-8-14/h5-8,11,13,26H,4,9-10H2,1-3H3,(H,23,27,29)/t11-,13-/m0/s1. The molecule has 0 spiro atoms. The Labute approximate surface area is 195 Å². The van der Waals surface area contributed by atoms with Crippen LogP contribution in [0.15, 0.2) is 43.5 Å². The number of hydrogen-bond donors (Lipinski definition) is 2. The maximum atomic E-state index is 12.6. The molecule has 0 saturated heterocycles. The molecular formula is C20H23BrN4O6S. The summed E-state index contributed by atoms with van der Waals surface area (Å²) in [5.41, 5.74) is -0.972. The maximum Gasteiger partial charge on any atom is 0.329 e. The number of aromatic nitrogens is 4. The molecule has 2 atom stereocenters. The Morgan fingerprint density at radius 1 is 1.31 bits per heavy atom. The Bertz CT molecular complexity index is 1220. The van der Waals surface area contributed by atoms with Crippen LogP contribution in [0.5, 0.6) is 5.75 Å². The zero-order valence-corrected chi connectivity index (χ0v) is 20.1. The van der Waals surface area contributed by atoms with Gasteiger partial charge in [-0.25, -0.2) is 9.78 Å². The Morgan fingerprint density at radius 3 is 2.66 bits per heavy atom. The van der Waals surface area contributed by atoms with Gasteiger partial charge in [-0.3, -0.25) is 19.1 Å². The van der Waals surface area contributed by atoms with Gasteiger partial charge in [-0.15, -0.1) is 0 Å². The predicted octanol–water partition coefficient (Wildman–Crippen LogP) is 1.67. The van der Waals surface area contributed by atoms with E-state index in [0.29, 0.717) is 10.9 Å². The van der Waals surface area contributed by atoms with Gasteiger partial charge in [0.05, 0.1) is 13.2 Å². The molecule has 0 aliphatic rings. The summed E-state index contributed by atoms with van der Waals surface area (Å²) in [5.74, 6) is 0.145. The lowest BCUT2D eigenvalue weighted by Gasteiger charge is -2.16. The van der Waals surface area contributed by atoms with Crippen LogP contribution in [0.4, 0.5) is 0 Å². The van der Waals surface area contributed by atoms with Gasteiger partial charge in [0.25, 0.3) is 5.56 Å². The monoisotopic (exact) mass is 526 g/mol. The number of aromatic amines is 1. The van der Waals surface area contributed by atoms with Crippen molar-refractivity contribution in [3.8, 4) is 5.75 Å². The van der Waals surface area contributed by atoms with Gasteiger partial charge in [0.2, 0.25) is 0 Å². The molecule has 0 bridgehead atoms. The lowest BCUT2D eigenvalue weighted by Crippen LogP contribution is -2.31. The molecule has 12 heteroatoms. The Hall–Kier alpha value is -2.57. The molecule has 0 fully saturated rings. The number of halogens is 1. The fourth-order valence-electron chi connectivity index (χ4n) is 2.93. The fourth-order valence-corrected chi connectivity index (χ4v) is 4.10. The van der Waals surface area contributed by atoms with Crippen LogP contribution in [0.2, 0.25) is 0 Å². The SMILES string of the molecule is CCOC(=O)[C@H](C)Sc1nc2c(c(=O)[nH]c(=O)n2C)n1C[C@H](O)COc1ccc(Br)cc1. The highest BCUT2D eigenvalue weighted by atomic mass is 79.9. The van der Waals surface area contributed by atoms with Crippen molar-refractivity contribution >= 4 is 44.8 Å². The largest absolute Gasteiger partial charge is 0.491 e. The molecule has 32 heavy (non-hydrogen) atoms. The molecule has 1 aromatic carbocycles. The number of aliphatic hydroxyl groups excluding tert-OH is 1. The quantitative estimate of drug-likeness (QED) is 0.318. The number of carbonyl (C=O) groups excluding carboxylic acids is 1. The minimum atomic E-state index is -0.995. The summed E-state index contributed by atoms with van der Waals surface area (Å²) < 4.78 is 14.3. The molecule has 2 N–H and O–H groups in total. The second-order valence-corrected chi connectivity index (χ2v) is 9.15. The summed E-state index contributed by atoms with van der Waals surface area (Å²) in [6, 6.07) is 7.14. The normalized spacial score (nSPS) is 13.2. The summed E-state index contributed by atoms with van der Waals surface area (Å²) in [5, 5.41) is 10.3. The third-order valence-electron chi connectivity index (χ3n) is 4.52. The Balaban J connectivity index is 1.91. The molecule has 10 nitrogen and oxygen atoms in total. The number of aryl methyl sites for hydroxylation is 1. The van der Waals surface area contributed by atoms with E-state index in [1.54, 1.807) is 26.0 Å². The van der Waals surface area contributed by atoms with E-state index in [0.717, 1.165) is 16.2 Å². The second-order valence-electron chi connectivity index (χ2n) is 6.93. The second kappa shape index (κ2) is 10.4. The van der Waals surface area contributed by atoms with Gasteiger partial charge in [0.15, 0.2) is 16.3 Å². The molecule has 0 aliphatic heterocycles. The van der Waals surface area contributed by atoms with Crippen LogP contribution in [-0.4, -0.2) is 54.7 Å². The van der Waals surface area contributed by atoms with Crippen molar-refractivity contribution < 1.29 is 19.4 Å². The summed E-state index contributed by atoms with van der Waals surface area (Å²) >= 11 is 4.42. The van der Waals surface area contributed by atoms with E-state index >= 15 is 0 Å². The summed E-state index contributed by atoms with van der Waals surface area (Å²) in [6.07, 6.45) is -0.995. The molecule has 3 rings (SSSR count). The van der Waals surface area contributed by atoms with Crippen molar-refractivity contribution in [2.45, 2.75) is 36.9 Å². The van der Waals surface area contributed by atoms with Crippen LogP contribution in [0.1, 0.15) is 13.8 Å². The van der Waals surface area contributed by atoms with Crippen LogP contribution in [-0.2, 0) is 23.1 Å². The lowest BCUT2D eigenvalue weighted by atomic mass is 10.3. The fraction of sp³-hybridized carbons (Fsp3) is 0.400. The molecule has 172 valence electrons. The third-order valence-corrected chi connectivity index (χ3v) is 6.12. The molecule has 0 radical (unpaired) electrons. The first-order valence-corrected chi connectivity index (χ1v) is 11.5. The summed E-state index contributed by atoms with van der Waals surface area (Å²) in [7, 11) is 1.48. The highest BCUT2D eigenvalue weighted by Gasteiger charge is 2.24. The number of imidazole rings is 1. The smallest absolute Gasteiger partial charge is 0.329 e. The summed E-state index contributed by atoms with van der Waals surface area (Å²) in [6.45, 7) is 3.53. The topological polar surface area (TPSA) is 128 Å². The highest BCUT2D eigenvalue weighted by molar-refractivity contribution is 9.10. The minimum absolute atomic E-state index is 0.0355. The van der Waals surface area contributed by atoms with Crippen LogP contribution in [0.3, 0.4) is 0 Å². The average Bonchev–Trinajstić information content (AvgIpc) is 3.10. The zero-order valence-electron chi connectivity index (χ0n) is 17.7. The molecule has 2 heterocycles. The predicted molar refractivity (Wildman–Crippen MR) is 123 cm³/mol. The van der Waals surface area contributed by atoms with Gasteiger partial charge in [0, 0.05) is 11.5 Å². The minimum Gasteiger partial charge on any atom is -0.491 e. The van der Waals surface area contributed by atoms with Crippen molar-refractivity contribution in [1.82, 2.24) is 19.1 Å². The number of benzene rings is 1. The van der Waals surface area contributed by atoms with E-state index < -0.39 is 28.6 Å². The van der Waals surface area contributed by atoms with Crippen molar-refractivity contribution in [3.05, 3.63) is 49.6 Å². The van der Waals surface area contributed by atoms with Crippen molar-refractivity contribution in [2.75, 3.05) is 13.2 Å². The first kappa shape index (κ1) is 24.1. The van der Waals surface area contributed by atoms with E-state index in [2.05, 4.69) is 25.9 Å². The molecule has 0 unspecified atom stereocenters. The molecule has 2 aromatic heterocycles. The van der Waals surface area contributed by atoms with E-state index in [9.17, 15) is 19.5 Å². The van der Waals surface area contributed by atoms with Crippen LogP contribution in [0.25, 0.3) is 11.2 Å². The van der Waals surface area contributed by atoms with Crippen LogP contribution in [0, 0.1) is 0 Å². The number of fused-ring (bicyclic) bond motifs is 1. The molecular weight excluding hydrogens is 504 g/mol. The van der Waals surface area contributed by atoms with Gasteiger partial charge < -0.3 is 19.1 Å². The number of rotatable bonds is 9. The Morgan fingerprint density at radius 2 is 2.00 bits per heavy atom. The van der Waals surface area contributed by atoms with Gasteiger partial charge in [-0.2, -0.15) is 0 Å². The number of esters is 1. The number of carbonyl (C=O) groups is 1. The first-order valence-electron chi connectivity index (χ1n) is 9.80. The van der Waals surface area contributed by atoms with Gasteiger partial charge in [-0.05, 0) is 38.1 Å². The van der Waals surface area contributed by atoms with E-state index in [-0.39, 0.29) is 30.9 Å². The molecule has 0 saturated carbocycles. The van der Waals surface area contributed by atoms with E-state index in [1.165, 1.54) is 16.2 Å². The number of H-pyrrole nitrogens is 1. The number of hydrogen-bond acceptors (Lipinski definition) is 8. The van der Waals surface area contributed by atoms with Gasteiger partial charge in [-0.1, -0.05) is 27.7 Å². The van der Waals surface area contributed by atoms with Gasteiger partial charge >= 0.3 is 11.7 Å². The van der Waals surface area contributed by atoms with Crippen LogP contribution < -0.4 is 16.0 Å². The molecule has 3 aromatic rings. The first-order chi connectivity index (χ1) is 15.2. The number of aliphatic hydroxyl groups is 1. The van der Waals surface area contributed by atoms with Crippen LogP contribution >= 0.6 is 27.7 Å². The zero-order chi connectivity index (χ0) is 23.4. The highest BCUT2D eigenvalue weighted by Crippen LogP contribution is 2.26. The van der Waals surface area contributed by atoms with E-state index in [1.807, 2.05) is 12.1 Å². The van der Waals surface area contributed by atoms with Crippen molar-refractivity contribution in [3.63, 3.8) is 0 Å². The van der Waals surface area contributed by atoms with Gasteiger partial charge in [0.1, 0.15) is 23.7 Å². The summed E-state index contributed by atoms with van der Waals surface area (Å²) in [4.78, 5) is 43.3. The number of nitrogens with one attached hydrogen (secondary N) is 1.